The van der Waals surface area contributed by atoms with E-state index >= 15 is 0 Å². The molecule has 0 saturated carbocycles. The number of nitrogens with zero attached hydrogens (tertiary/aromatic N) is 2. The fraction of sp³-hybridized carbons (Fsp3) is 0.529. The highest BCUT2D eigenvalue weighted by Gasteiger charge is 2.29. The van der Waals surface area contributed by atoms with Gasteiger partial charge in [-0.25, -0.2) is 4.79 Å². The molecule has 0 aliphatic carbocycles. The zero-order valence-electron chi connectivity index (χ0n) is 14.0. The number of aryl methyl sites for hydroxylation is 1. The third kappa shape index (κ3) is 3.32. The van der Waals surface area contributed by atoms with E-state index in [-0.39, 0.29) is 11.6 Å². The quantitative estimate of drug-likeness (QED) is 0.893. The zero-order valence-corrected chi connectivity index (χ0v) is 14.0. The minimum atomic E-state index is -0.125. The summed E-state index contributed by atoms with van der Waals surface area (Å²) in [6, 6.07) is 3.85. The van der Waals surface area contributed by atoms with Gasteiger partial charge in [0.15, 0.2) is 0 Å². The fourth-order valence-electron chi connectivity index (χ4n) is 3.16. The van der Waals surface area contributed by atoms with Crippen molar-refractivity contribution >= 4 is 22.6 Å². The highest BCUT2D eigenvalue weighted by atomic mass is 16.5. The van der Waals surface area contributed by atoms with E-state index in [9.17, 15) is 4.79 Å². The number of carbonyl (C=O) groups is 1. The number of likely N-dealkylation sites (tertiary alicyclic amines) is 1. The number of rotatable bonds is 2. The van der Waals surface area contributed by atoms with Gasteiger partial charge in [0, 0.05) is 31.3 Å². The lowest BCUT2D eigenvalue weighted by Gasteiger charge is -2.26. The number of aromatic amines is 1. The van der Waals surface area contributed by atoms with Crippen molar-refractivity contribution in [1.82, 2.24) is 15.1 Å². The minimum absolute atomic E-state index is 0.0522. The van der Waals surface area contributed by atoms with E-state index in [0.717, 1.165) is 48.0 Å². The summed E-state index contributed by atoms with van der Waals surface area (Å²) in [6.07, 6.45) is 4.59. The van der Waals surface area contributed by atoms with Crippen molar-refractivity contribution in [3.63, 3.8) is 0 Å². The van der Waals surface area contributed by atoms with Crippen LogP contribution in [0.4, 0.5) is 10.5 Å². The Morgan fingerprint density at radius 2 is 2.22 bits per heavy atom. The Morgan fingerprint density at radius 1 is 1.39 bits per heavy atom. The van der Waals surface area contributed by atoms with Gasteiger partial charge in [0.25, 0.3) is 0 Å². The van der Waals surface area contributed by atoms with Crippen molar-refractivity contribution in [2.24, 2.45) is 0 Å². The molecule has 1 atom stereocenters. The number of amides is 2. The standard InChI is InChI=1S/C17H24N4O2/c1-12-9-13(10-15-14(12)11-18-20-15)19-16(22)21-7-4-5-17(2,23-3)6-8-21/h9-11H,4-8H2,1-3H3,(H,18,20)(H,19,22)/t17-/m1/s1. The molecule has 0 spiro atoms. The van der Waals surface area contributed by atoms with Crippen LogP contribution in [0.25, 0.3) is 10.9 Å². The summed E-state index contributed by atoms with van der Waals surface area (Å²) in [7, 11) is 1.75. The topological polar surface area (TPSA) is 70.2 Å². The van der Waals surface area contributed by atoms with E-state index in [4.69, 9.17) is 4.74 Å². The summed E-state index contributed by atoms with van der Waals surface area (Å²) in [4.78, 5) is 14.4. The summed E-state index contributed by atoms with van der Waals surface area (Å²) in [5.74, 6) is 0. The van der Waals surface area contributed by atoms with Gasteiger partial charge >= 0.3 is 6.03 Å². The van der Waals surface area contributed by atoms with Crippen LogP contribution >= 0.6 is 0 Å². The second-order valence-electron chi connectivity index (χ2n) is 6.55. The number of nitrogens with one attached hydrogen (secondary N) is 2. The predicted molar refractivity (Wildman–Crippen MR) is 90.7 cm³/mol. The third-order valence-corrected chi connectivity index (χ3v) is 4.84. The van der Waals surface area contributed by atoms with Gasteiger partial charge in [0.1, 0.15) is 0 Å². The fourth-order valence-corrected chi connectivity index (χ4v) is 3.16. The van der Waals surface area contributed by atoms with Crippen LogP contribution in [0.5, 0.6) is 0 Å². The maximum Gasteiger partial charge on any atom is 0.321 e. The SMILES string of the molecule is CO[C@]1(C)CCCN(C(=O)Nc2cc(C)c3cn[nH]c3c2)CC1. The summed E-state index contributed by atoms with van der Waals surface area (Å²) < 4.78 is 5.59. The van der Waals surface area contributed by atoms with Crippen LogP contribution in [0.15, 0.2) is 18.3 Å². The monoisotopic (exact) mass is 316 g/mol. The predicted octanol–water partition coefficient (Wildman–Crippen LogP) is 3.29. The molecule has 2 heterocycles. The second-order valence-corrected chi connectivity index (χ2v) is 6.55. The number of methoxy groups -OCH3 is 1. The van der Waals surface area contributed by atoms with Crippen LogP contribution in [0.3, 0.4) is 0 Å². The van der Waals surface area contributed by atoms with Gasteiger partial charge in [-0.15, -0.1) is 0 Å². The Kier molecular flexibility index (Phi) is 4.26. The Labute approximate surface area is 136 Å². The van der Waals surface area contributed by atoms with Crippen LogP contribution in [0, 0.1) is 6.92 Å². The molecule has 3 rings (SSSR count). The van der Waals surface area contributed by atoms with Gasteiger partial charge in [0.2, 0.25) is 0 Å². The van der Waals surface area contributed by atoms with Gasteiger partial charge < -0.3 is 15.0 Å². The summed E-state index contributed by atoms with van der Waals surface area (Å²) >= 11 is 0. The molecule has 6 nitrogen and oxygen atoms in total. The van der Waals surface area contributed by atoms with Gasteiger partial charge in [-0.05, 0) is 50.8 Å². The van der Waals surface area contributed by atoms with Crippen LogP contribution in [0.2, 0.25) is 0 Å². The zero-order chi connectivity index (χ0) is 16.4. The maximum atomic E-state index is 12.6. The molecule has 0 unspecified atom stereocenters. The largest absolute Gasteiger partial charge is 0.378 e. The highest BCUT2D eigenvalue weighted by molar-refractivity contribution is 5.93. The average molecular weight is 316 g/mol. The molecule has 0 bridgehead atoms. The molecule has 2 aromatic rings. The molecule has 1 aromatic carbocycles. The van der Waals surface area contributed by atoms with Gasteiger partial charge in [-0.1, -0.05) is 0 Å². The van der Waals surface area contributed by atoms with E-state index in [0.29, 0.717) is 6.54 Å². The third-order valence-electron chi connectivity index (χ3n) is 4.84. The van der Waals surface area contributed by atoms with E-state index in [1.54, 1.807) is 13.3 Å². The van der Waals surface area contributed by atoms with Crippen LogP contribution in [-0.4, -0.2) is 46.9 Å². The maximum absolute atomic E-state index is 12.6. The lowest BCUT2D eigenvalue weighted by Crippen LogP contribution is -2.37. The molecule has 1 aliphatic rings. The van der Waals surface area contributed by atoms with Crippen LogP contribution in [0.1, 0.15) is 31.7 Å². The van der Waals surface area contributed by atoms with Gasteiger partial charge in [0.05, 0.1) is 17.3 Å². The number of hydrogen-bond donors (Lipinski definition) is 2. The Hall–Kier alpha value is -2.08. The first-order valence-corrected chi connectivity index (χ1v) is 8.05. The molecular weight excluding hydrogens is 292 g/mol. The highest BCUT2D eigenvalue weighted by Crippen LogP contribution is 2.26. The number of benzene rings is 1. The molecule has 0 radical (unpaired) electrons. The van der Waals surface area contributed by atoms with Crippen LogP contribution in [-0.2, 0) is 4.74 Å². The van der Waals surface area contributed by atoms with Gasteiger partial charge in [-0.2, -0.15) is 5.10 Å². The van der Waals surface area contributed by atoms with E-state index in [2.05, 4.69) is 22.4 Å². The first-order chi connectivity index (χ1) is 11.0. The Morgan fingerprint density at radius 3 is 3.00 bits per heavy atom. The number of ether oxygens (including phenoxy) is 1. The van der Waals surface area contributed by atoms with Gasteiger partial charge in [-0.3, -0.25) is 5.10 Å². The molecule has 23 heavy (non-hydrogen) atoms. The first kappa shape index (κ1) is 15.8. The summed E-state index contributed by atoms with van der Waals surface area (Å²) in [5.41, 5.74) is 2.70. The number of fused-ring (bicyclic) bond motifs is 1. The second kappa shape index (κ2) is 6.20. The number of aromatic nitrogens is 2. The Bertz CT molecular complexity index is 712. The van der Waals surface area contributed by atoms with Crippen molar-refractivity contribution in [1.29, 1.82) is 0 Å². The number of anilines is 1. The molecule has 6 heteroatoms. The molecule has 1 aliphatic heterocycles. The molecule has 1 fully saturated rings. The molecule has 1 saturated heterocycles. The lowest BCUT2D eigenvalue weighted by molar-refractivity contribution is -0.00491. The van der Waals surface area contributed by atoms with Crippen LogP contribution < -0.4 is 5.32 Å². The van der Waals surface area contributed by atoms with Crippen molar-refractivity contribution < 1.29 is 9.53 Å². The molecule has 2 amide bonds. The number of hydrogen-bond acceptors (Lipinski definition) is 3. The van der Waals surface area contributed by atoms with E-state index in [1.165, 1.54) is 0 Å². The lowest BCUT2D eigenvalue weighted by atomic mass is 9.97. The summed E-state index contributed by atoms with van der Waals surface area (Å²) in [6.45, 7) is 5.60. The number of carbonyl (C=O) groups excluding carboxylic acids is 1. The average Bonchev–Trinajstić information content (AvgIpc) is 2.90. The van der Waals surface area contributed by atoms with E-state index < -0.39 is 0 Å². The summed E-state index contributed by atoms with van der Waals surface area (Å²) in [5, 5.41) is 11.1. The minimum Gasteiger partial charge on any atom is -0.378 e. The molecular formula is C17H24N4O2. The molecule has 2 N–H and O–H groups in total. The molecule has 1 aromatic heterocycles. The number of H-pyrrole nitrogens is 1. The Balaban J connectivity index is 1.70. The van der Waals surface area contributed by atoms with Crippen molar-refractivity contribution in [2.75, 3.05) is 25.5 Å². The number of urea groups is 1. The van der Waals surface area contributed by atoms with Crippen molar-refractivity contribution in [3.8, 4) is 0 Å². The van der Waals surface area contributed by atoms with Crippen molar-refractivity contribution in [2.45, 2.75) is 38.7 Å². The smallest absolute Gasteiger partial charge is 0.321 e. The normalized spacial score (nSPS) is 22.1. The van der Waals surface area contributed by atoms with E-state index in [1.807, 2.05) is 24.0 Å². The van der Waals surface area contributed by atoms with Crippen molar-refractivity contribution in [3.05, 3.63) is 23.9 Å². The molecule has 124 valence electrons. The first-order valence-electron chi connectivity index (χ1n) is 8.05.